The Morgan fingerprint density at radius 2 is 1.72 bits per heavy atom. The van der Waals surface area contributed by atoms with Crippen LogP contribution in [0.3, 0.4) is 0 Å². The van der Waals surface area contributed by atoms with Crippen molar-refractivity contribution in [1.29, 1.82) is 0 Å². The number of aliphatic hydroxyl groups is 1. The number of aliphatic hydroxyl groups excluding tert-OH is 1. The monoisotopic (exact) mass is 258 g/mol. The first-order chi connectivity index (χ1) is 8.32. The maximum absolute atomic E-state index is 11.9. The molecule has 0 aliphatic carbocycles. The smallest absolute Gasteiger partial charge is 0.314 e. The normalized spacial score (nSPS) is 15.2. The highest BCUT2D eigenvalue weighted by molar-refractivity contribution is 5.76. The summed E-state index contributed by atoms with van der Waals surface area (Å²) in [6.07, 6.45) is 6.23. The first kappa shape index (κ1) is 17.4. The Balaban J connectivity index is 4.05. The van der Waals surface area contributed by atoms with E-state index in [1.54, 1.807) is 0 Å². The molecule has 0 aromatic rings. The Morgan fingerprint density at radius 3 is 2.22 bits per heavy atom. The summed E-state index contributed by atoms with van der Waals surface area (Å²) in [4.78, 5) is 11.9. The van der Waals surface area contributed by atoms with Crippen LogP contribution >= 0.6 is 0 Å². The van der Waals surface area contributed by atoms with Crippen molar-refractivity contribution in [1.82, 2.24) is 0 Å². The van der Waals surface area contributed by atoms with E-state index >= 15 is 0 Å². The molecule has 108 valence electrons. The topological polar surface area (TPSA) is 46.5 Å². The zero-order valence-electron chi connectivity index (χ0n) is 12.7. The lowest BCUT2D eigenvalue weighted by Gasteiger charge is -2.30. The Hall–Kier alpha value is -0.570. The third-order valence-electron chi connectivity index (χ3n) is 3.78. The van der Waals surface area contributed by atoms with Gasteiger partial charge < -0.3 is 9.84 Å². The van der Waals surface area contributed by atoms with Crippen molar-refractivity contribution >= 4 is 5.97 Å². The summed E-state index contributed by atoms with van der Waals surface area (Å²) in [5.41, 5.74) is -0.526. The van der Waals surface area contributed by atoms with Crippen molar-refractivity contribution in [3.05, 3.63) is 0 Å². The lowest BCUT2D eigenvalue weighted by atomic mass is 9.77. The standard InChI is InChI=1S/C15H30O3/c1-6-7-8-9-10-11-12(2)15(4,5)14(17)18-13(3)16/h12-13,16H,6-11H2,1-5H3. The first-order valence-corrected chi connectivity index (χ1v) is 7.21. The second-order valence-electron chi connectivity index (χ2n) is 5.83. The Kier molecular flexibility index (Phi) is 8.25. The predicted molar refractivity (Wildman–Crippen MR) is 74.1 cm³/mol. The van der Waals surface area contributed by atoms with Crippen molar-refractivity contribution in [2.45, 2.75) is 79.4 Å². The average Bonchev–Trinajstić information content (AvgIpc) is 2.27. The minimum atomic E-state index is -1.02. The second-order valence-corrected chi connectivity index (χ2v) is 5.83. The van der Waals surface area contributed by atoms with E-state index in [2.05, 4.69) is 13.8 Å². The van der Waals surface area contributed by atoms with Crippen molar-refractivity contribution in [3.8, 4) is 0 Å². The van der Waals surface area contributed by atoms with E-state index in [0.717, 1.165) is 12.8 Å². The molecule has 0 aliphatic rings. The summed E-state index contributed by atoms with van der Waals surface area (Å²) in [5, 5.41) is 9.10. The molecular weight excluding hydrogens is 228 g/mol. The summed E-state index contributed by atoms with van der Waals surface area (Å²) in [5.74, 6) is -0.0380. The van der Waals surface area contributed by atoms with E-state index in [-0.39, 0.29) is 11.9 Å². The second kappa shape index (κ2) is 8.52. The molecule has 0 fully saturated rings. The van der Waals surface area contributed by atoms with E-state index < -0.39 is 11.7 Å². The van der Waals surface area contributed by atoms with Crippen molar-refractivity contribution in [2.24, 2.45) is 11.3 Å². The Morgan fingerprint density at radius 1 is 1.17 bits per heavy atom. The van der Waals surface area contributed by atoms with Gasteiger partial charge in [0.2, 0.25) is 0 Å². The number of carbonyl (C=O) groups excluding carboxylic acids is 1. The van der Waals surface area contributed by atoms with Crippen molar-refractivity contribution < 1.29 is 14.6 Å². The fraction of sp³-hybridized carbons (Fsp3) is 0.933. The quantitative estimate of drug-likeness (QED) is 0.388. The largest absolute Gasteiger partial charge is 0.436 e. The number of rotatable bonds is 9. The van der Waals surface area contributed by atoms with E-state index in [1.807, 2.05) is 13.8 Å². The molecule has 3 nitrogen and oxygen atoms in total. The van der Waals surface area contributed by atoms with Gasteiger partial charge in [-0.3, -0.25) is 4.79 Å². The van der Waals surface area contributed by atoms with Gasteiger partial charge in [0.15, 0.2) is 6.29 Å². The van der Waals surface area contributed by atoms with Gasteiger partial charge in [-0.2, -0.15) is 0 Å². The van der Waals surface area contributed by atoms with Gasteiger partial charge in [-0.1, -0.05) is 46.0 Å². The maximum atomic E-state index is 11.9. The number of ether oxygens (including phenoxy) is 1. The summed E-state index contributed by atoms with van der Waals surface area (Å²) in [7, 11) is 0. The molecular formula is C15H30O3. The van der Waals surface area contributed by atoms with Crippen molar-refractivity contribution in [3.63, 3.8) is 0 Å². The van der Waals surface area contributed by atoms with Gasteiger partial charge in [-0.05, 0) is 33.1 Å². The maximum Gasteiger partial charge on any atom is 0.314 e. The van der Waals surface area contributed by atoms with Crippen LogP contribution < -0.4 is 0 Å². The molecule has 3 heteroatoms. The van der Waals surface area contributed by atoms with Gasteiger partial charge in [-0.15, -0.1) is 0 Å². The van der Waals surface area contributed by atoms with Gasteiger partial charge in [-0.25, -0.2) is 0 Å². The van der Waals surface area contributed by atoms with Crippen LogP contribution in [0.4, 0.5) is 0 Å². The number of unbranched alkanes of at least 4 members (excludes halogenated alkanes) is 4. The van der Waals surface area contributed by atoms with Crippen LogP contribution in [0.1, 0.15) is 73.1 Å². The van der Waals surface area contributed by atoms with Gasteiger partial charge in [0, 0.05) is 0 Å². The van der Waals surface area contributed by atoms with Crippen LogP contribution in [0.5, 0.6) is 0 Å². The van der Waals surface area contributed by atoms with E-state index in [4.69, 9.17) is 9.84 Å². The van der Waals surface area contributed by atoms with Gasteiger partial charge >= 0.3 is 5.97 Å². The van der Waals surface area contributed by atoms with Crippen LogP contribution in [-0.4, -0.2) is 17.4 Å². The Bertz CT molecular complexity index is 234. The Labute approximate surface area is 112 Å². The molecule has 0 heterocycles. The molecule has 0 bridgehead atoms. The zero-order chi connectivity index (χ0) is 14.2. The van der Waals surface area contributed by atoms with E-state index in [1.165, 1.54) is 32.6 Å². The molecule has 0 aromatic heterocycles. The molecule has 18 heavy (non-hydrogen) atoms. The van der Waals surface area contributed by atoms with Crippen LogP contribution in [0, 0.1) is 11.3 Å². The van der Waals surface area contributed by atoms with Crippen LogP contribution in [-0.2, 0) is 9.53 Å². The minimum Gasteiger partial charge on any atom is -0.436 e. The molecule has 0 saturated carbocycles. The third-order valence-corrected chi connectivity index (χ3v) is 3.78. The van der Waals surface area contributed by atoms with Crippen LogP contribution in [0.15, 0.2) is 0 Å². The fourth-order valence-electron chi connectivity index (χ4n) is 1.92. The minimum absolute atomic E-state index is 0.269. The molecule has 0 rings (SSSR count). The summed E-state index contributed by atoms with van der Waals surface area (Å²) >= 11 is 0. The summed E-state index contributed by atoms with van der Waals surface area (Å²) < 4.78 is 4.90. The molecule has 0 aromatic carbocycles. The molecule has 0 spiro atoms. The highest BCUT2D eigenvalue weighted by Crippen LogP contribution is 2.32. The number of carbonyl (C=O) groups is 1. The highest BCUT2D eigenvalue weighted by Gasteiger charge is 2.35. The van der Waals surface area contributed by atoms with Crippen molar-refractivity contribution in [2.75, 3.05) is 0 Å². The van der Waals surface area contributed by atoms with Crippen LogP contribution in [0.25, 0.3) is 0 Å². The molecule has 2 atom stereocenters. The number of esters is 1. The molecule has 1 N–H and O–H groups in total. The summed E-state index contributed by atoms with van der Waals surface area (Å²) in [6, 6.07) is 0. The fourth-order valence-corrected chi connectivity index (χ4v) is 1.92. The van der Waals surface area contributed by atoms with Gasteiger partial charge in [0.25, 0.3) is 0 Å². The molecule has 0 saturated heterocycles. The van der Waals surface area contributed by atoms with Gasteiger partial charge in [0.1, 0.15) is 0 Å². The highest BCUT2D eigenvalue weighted by atomic mass is 16.6. The number of hydrogen-bond acceptors (Lipinski definition) is 3. The number of hydrogen-bond donors (Lipinski definition) is 1. The average molecular weight is 258 g/mol. The van der Waals surface area contributed by atoms with Crippen LogP contribution in [0.2, 0.25) is 0 Å². The van der Waals surface area contributed by atoms with Gasteiger partial charge in [0.05, 0.1) is 5.41 Å². The SMILES string of the molecule is CCCCCCCC(C)C(C)(C)C(=O)OC(C)O. The van der Waals surface area contributed by atoms with E-state index in [0.29, 0.717) is 0 Å². The molecule has 0 aliphatic heterocycles. The predicted octanol–water partition coefficient (Wildman–Crippen LogP) is 3.89. The summed E-state index contributed by atoms with van der Waals surface area (Å²) in [6.45, 7) is 9.55. The van der Waals surface area contributed by atoms with E-state index in [9.17, 15) is 4.79 Å². The lowest BCUT2D eigenvalue weighted by Crippen LogP contribution is -2.35. The lowest BCUT2D eigenvalue weighted by molar-refractivity contribution is -0.178. The first-order valence-electron chi connectivity index (χ1n) is 7.21. The molecule has 2 unspecified atom stereocenters. The molecule has 0 amide bonds. The zero-order valence-corrected chi connectivity index (χ0v) is 12.7. The third kappa shape index (κ3) is 6.39. The molecule has 0 radical (unpaired) electrons.